The largest absolute Gasteiger partial charge is 0.481 e. The van der Waals surface area contributed by atoms with Crippen LogP contribution in [0.2, 0.25) is 0 Å². The molecule has 0 aliphatic carbocycles. The van der Waals surface area contributed by atoms with Gasteiger partial charge in [-0.3, -0.25) is 19.2 Å². The van der Waals surface area contributed by atoms with Crippen LogP contribution in [0.5, 0.6) is 0 Å². The van der Waals surface area contributed by atoms with Crippen molar-refractivity contribution in [2.75, 3.05) is 6.54 Å². The van der Waals surface area contributed by atoms with Crippen LogP contribution in [0.15, 0.2) is 0 Å². The predicted octanol–water partition coefficient (Wildman–Crippen LogP) is -0.464. The maximum absolute atomic E-state index is 13.1. The summed E-state index contributed by atoms with van der Waals surface area (Å²) in [5, 5.41) is 23.4. The quantitative estimate of drug-likeness (QED) is 0.285. The summed E-state index contributed by atoms with van der Waals surface area (Å²) in [6.45, 7) is 7.23. The fourth-order valence-electron chi connectivity index (χ4n) is 3.36. The highest BCUT2D eigenvalue weighted by molar-refractivity contribution is 5.96. The van der Waals surface area contributed by atoms with Crippen LogP contribution in [-0.4, -0.2) is 75.5 Å². The number of carbonyl (C=O) groups excluding carboxylic acids is 3. The maximum Gasteiger partial charge on any atom is 0.326 e. The molecule has 0 aromatic heterocycles. The number of hydrogen-bond acceptors (Lipinski definition) is 6. The number of hydrogen-bond donors (Lipinski definition) is 5. The molecule has 0 aromatic carbocycles. The van der Waals surface area contributed by atoms with Crippen LogP contribution in [0, 0.1) is 11.8 Å². The molecule has 1 aliphatic rings. The summed E-state index contributed by atoms with van der Waals surface area (Å²) >= 11 is 0. The van der Waals surface area contributed by atoms with E-state index in [1.165, 1.54) is 4.90 Å². The van der Waals surface area contributed by atoms with E-state index < -0.39 is 60.2 Å². The van der Waals surface area contributed by atoms with Gasteiger partial charge in [0.25, 0.3) is 0 Å². The van der Waals surface area contributed by atoms with E-state index in [9.17, 15) is 29.1 Å². The van der Waals surface area contributed by atoms with Gasteiger partial charge in [-0.15, -0.1) is 0 Å². The molecule has 1 aliphatic heterocycles. The molecular weight excluding hydrogens is 408 g/mol. The third-order valence-electron chi connectivity index (χ3n) is 5.63. The van der Waals surface area contributed by atoms with Gasteiger partial charge in [0.15, 0.2) is 0 Å². The van der Waals surface area contributed by atoms with Gasteiger partial charge in [-0.1, -0.05) is 34.1 Å². The molecule has 176 valence electrons. The number of carboxylic acids is 2. The molecule has 3 amide bonds. The van der Waals surface area contributed by atoms with Gasteiger partial charge in [0.05, 0.1) is 12.5 Å². The normalized spacial score (nSPS) is 19.9. The van der Waals surface area contributed by atoms with Crippen LogP contribution < -0.4 is 16.4 Å². The second kappa shape index (κ2) is 11.6. The average molecular weight is 443 g/mol. The summed E-state index contributed by atoms with van der Waals surface area (Å²) in [7, 11) is 0. The zero-order valence-corrected chi connectivity index (χ0v) is 18.5. The van der Waals surface area contributed by atoms with Gasteiger partial charge in [0, 0.05) is 6.54 Å². The number of carboxylic acid groups (broad SMARTS) is 2. The van der Waals surface area contributed by atoms with Crippen LogP contribution in [-0.2, 0) is 24.0 Å². The zero-order chi connectivity index (χ0) is 23.9. The van der Waals surface area contributed by atoms with Crippen molar-refractivity contribution in [1.29, 1.82) is 0 Å². The molecule has 1 rings (SSSR count). The van der Waals surface area contributed by atoms with Crippen molar-refractivity contribution in [3.8, 4) is 0 Å². The second-order valence-corrected chi connectivity index (χ2v) is 8.33. The average Bonchev–Trinajstić information content (AvgIpc) is 3.19. The second-order valence-electron chi connectivity index (χ2n) is 8.33. The Bertz CT molecular complexity index is 697. The number of nitrogens with one attached hydrogen (secondary N) is 2. The first-order chi connectivity index (χ1) is 14.4. The summed E-state index contributed by atoms with van der Waals surface area (Å²) in [5.74, 6) is -5.04. The van der Waals surface area contributed by atoms with Gasteiger partial charge in [-0.2, -0.15) is 0 Å². The van der Waals surface area contributed by atoms with Crippen molar-refractivity contribution in [1.82, 2.24) is 15.5 Å². The first-order valence-electron chi connectivity index (χ1n) is 10.5. The highest BCUT2D eigenvalue weighted by Gasteiger charge is 2.40. The minimum absolute atomic E-state index is 0.230. The summed E-state index contributed by atoms with van der Waals surface area (Å²) < 4.78 is 0. The molecule has 11 heteroatoms. The lowest BCUT2D eigenvalue weighted by Crippen LogP contribution is -2.59. The minimum atomic E-state index is -1.43. The van der Waals surface area contributed by atoms with Crippen molar-refractivity contribution in [2.24, 2.45) is 17.6 Å². The van der Waals surface area contributed by atoms with Crippen molar-refractivity contribution in [3.63, 3.8) is 0 Å². The highest BCUT2D eigenvalue weighted by Crippen LogP contribution is 2.21. The third-order valence-corrected chi connectivity index (χ3v) is 5.63. The Kier molecular flexibility index (Phi) is 9.89. The van der Waals surface area contributed by atoms with E-state index in [2.05, 4.69) is 10.6 Å². The Morgan fingerprint density at radius 1 is 1.06 bits per heavy atom. The van der Waals surface area contributed by atoms with Gasteiger partial charge in [-0.05, 0) is 24.7 Å². The first kappa shape index (κ1) is 26.3. The molecule has 5 atom stereocenters. The topological polar surface area (TPSA) is 179 Å². The Morgan fingerprint density at radius 3 is 2.16 bits per heavy atom. The molecule has 0 saturated carbocycles. The molecular formula is C20H34N4O7. The molecule has 6 N–H and O–H groups in total. The molecule has 5 unspecified atom stereocenters. The van der Waals surface area contributed by atoms with Gasteiger partial charge in [0.2, 0.25) is 17.7 Å². The Labute approximate surface area is 181 Å². The van der Waals surface area contributed by atoms with Gasteiger partial charge < -0.3 is 31.5 Å². The molecule has 11 nitrogen and oxygen atoms in total. The summed E-state index contributed by atoms with van der Waals surface area (Å²) in [6.07, 6.45) is 0.684. The fourth-order valence-corrected chi connectivity index (χ4v) is 3.36. The summed E-state index contributed by atoms with van der Waals surface area (Å²) in [4.78, 5) is 62.1. The summed E-state index contributed by atoms with van der Waals surface area (Å²) in [6, 6.07) is -4.38. The fraction of sp³-hybridized carbons (Fsp3) is 0.750. The van der Waals surface area contributed by atoms with Crippen molar-refractivity contribution < 1.29 is 34.2 Å². The third kappa shape index (κ3) is 7.20. The van der Waals surface area contributed by atoms with Crippen molar-refractivity contribution >= 4 is 29.7 Å². The highest BCUT2D eigenvalue weighted by atomic mass is 16.4. The van der Waals surface area contributed by atoms with E-state index in [1.807, 2.05) is 6.92 Å². The van der Waals surface area contributed by atoms with E-state index in [0.717, 1.165) is 0 Å². The smallest absolute Gasteiger partial charge is 0.326 e. The van der Waals surface area contributed by atoms with Gasteiger partial charge in [0.1, 0.15) is 18.1 Å². The van der Waals surface area contributed by atoms with Gasteiger partial charge >= 0.3 is 11.9 Å². The zero-order valence-electron chi connectivity index (χ0n) is 18.5. The first-order valence-corrected chi connectivity index (χ1v) is 10.5. The number of likely N-dealkylation sites (tertiary alicyclic amines) is 1. The van der Waals surface area contributed by atoms with E-state index >= 15 is 0 Å². The van der Waals surface area contributed by atoms with E-state index in [1.54, 1.807) is 20.8 Å². The SMILES string of the molecule is CCC(C)C(NC(=O)C(CC(=O)O)NC(=O)C(N)C(C)C)C(=O)N1CCCC1C(=O)O. The van der Waals surface area contributed by atoms with E-state index in [-0.39, 0.29) is 18.4 Å². The molecule has 31 heavy (non-hydrogen) atoms. The van der Waals surface area contributed by atoms with Crippen LogP contribution in [0.1, 0.15) is 53.4 Å². The monoisotopic (exact) mass is 442 g/mol. The van der Waals surface area contributed by atoms with Gasteiger partial charge in [-0.25, -0.2) is 4.79 Å². The van der Waals surface area contributed by atoms with Crippen LogP contribution >= 0.6 is 0 Å². The predicted molar refractivity (Wildman–Crippen MR) is 111 cm³/mol. The van der Waals surface area contributed by atoms with Crippen molar-refractivity contribution in [3.05, 3.63) is 0 Å². The van der Waals surface area contributed by atoms with E-state index in [4.69, 9.17) is 10.8 Å². The molecule has 1 fully saturated rings. The van der Waals surface area contributed by atoms with Crippen molar-refractivity contribution in [2.45, 2.75) is 77.5 Å². The number of rotatable bonds is 11. The van der Waals surface area contributed by atoms with E-state index in [0.29, 0.717) is 19.3 Å². The number of aliphatic carboxylic acids is 2. The number of nitrogens with zero attached hydrogens (tertiary/aromatic N) is 1. The lowest BCUT2D eigenvalue weighted by atomic mass is 9.96. The maximum atomic E-state index is 13.1. The molecule has 0 radical (unpaired) electrons. The molecule has 0 spiro atoms. The Morgan fingerprint density at radius 2 is 1.68 bits per heavy atom. The lowest BCUT2D eigenvalue weighted by molar-refractivity contribution is -0.150. The summed E-state index contributed by atoms with van der Waals surface area (Å²) in [5.41, 5.74) is 5.78. The standard InChI is InChI=1S/C20H34N4O7/c1-5-11(4)16(19(29)24-8-6-7-13(24)20(30)31)23-17(27)12(9-14(25)26)22-18(28)15(21)10(2)3/h10-13,15-16H,5-9,21H2,1-4H3,(H,22,28)(H,23,27)(H,25,26)(H,30,31). The lowest BCUT2D eigenvalue weighted by Gasteiger charge is -2.31. The molecule has 1 saturated heterocycles. The number of amides is 3. The van der Waals surface area contributed by atoms with Crippen LogP contribution in [0.4, 0.5) is 0 Å². The molecule has 1 heterocycles. The minimum Gasteiger partial charge on any atom is -0.481 e. The van der Waals surface area contributed by atoms with Crippen LogP contribution in [0.25, 0.3) is 0 Å². The Balaban J connectivity index is 3.05. The van der Waals surface area contributed by atoms with Crippen LogP contribution in [0.3, 0.4) is 0 Å². The Hall–Kier alpha value is -2.69. The molecule has 0 aromatic rings. The number of carbonyl (C=O) groups is 5. The molecule has 0 bridgehead atoms. The number of nitrogens with two attached hydrogens (primary N) is 1.